The lowest BCUT2D eigenvalue weighted by Gasteiger charge is -2.32. The summed E-state index contributed by atoms with van der Waals surface area (Å²) >= 11 is 0. The normalized spacial score (nSPS) is 25.8. The zero-order valence-electron chi connectivity index (χ0n) is 8.77. The molecule has 0 fully saturated rings. The summed E-state index contributed by atoms with van der Waals surface area (Å²) in [6.45, 7) is 6.22. The van der Waals surface area contributed by atoms with Crippen LogP contribution in [0.25, 0.3) is 0 Å². The van der Waals surface area contributed by atoms with Gasteiger partial charge in [-0.2, -0.15) is 5.10 Å². The summed E-state index contributed by atoms with van der Waals surface area (Å²) in [6.07, 6.45) is 1.50. The van der Waals surface area contributed by atoms with Crippen LogP contribution in [0.1, 0.15) is 37.9 Å². The highest BCUT2D eigenvalue weighted by molar-refractivity contribution is 5.94. The average molecular weight is 193 g/mol. The van der Waals surface area contributed by atoms with E-state index in [2.05, 4.69) is 29.4 Å². The minimum Gasteiger partial charge on any atom is -0.309 e. The fraction of sp³-hybridized carbons (Fsp3) is 0.600. The van der Waals surface area contributed by atoms with Gasteiger partial charge >= 0.3 is 0 Å². The van der Waals surface area contributed by atoms with Crippen molar-refractivity contribution in [3.8, 4) is 0 Å². The summed E-state index contributed by atoms with van der Waals surface area (Å²) < 4.78 is 0. The molecule has 1 aliphatic heterocycles. The minimum atomic E-state index is -0.0608. The molecule has 2 N–H and O–H groups in total. The third-order valence-corrected chi connectivity index (χ3v) is 3.14. The van der Waals surface area contributed by atoms with Crippen LogP contribution in [-0.4, -0.2) is 16.1 Å². The summed E-state index contributed by atoms with van der Waals surface area (Å²) in [5.41, 5.74) is 2.17. The molecule has 0 radical (unpaired) electrons. The molecule has 0 aliphatic carbocycles. The van der Waals surface area contributed by atoms with Crippen LogP contribution in [0.5, 0.6) is 0 Å². The zero-order valence-corrected chi connectivity index (χ0v) is 8.77. The summed E-state index contributed by atoms with van der Waals surface area (Å²) in [4.78, 5) is 11.4. The first-order valence-electron chi connectivity index (χ1n) is 4.92. The Morgan fingerprint density at radius 2 is 2.29 bits per heavy atom. The maximum atomic E-state index is 11.4. The van der Waals surface area contributed by atoms with Crippen molar-refractivity contribution in [3.63, 3.8) is 0 Å². The van der Waals surface area contributed by atoms with Crippen molar-refractivity contribution in [1.82, 2.24) is 10.2 Å². The number of carbonyl (C=O) groups excluding carboxylic acids is 1. The highest BCUT2D eigenvalue weighted by Gasteiger charge is 2.37. The standard InChI is InChI=1S/C10H15N3O/c1-4-10(3)5-7(14)11-9-8(10)6(2)12-13-9/h4-5H2,1-3H3,(H2,11,12,13,14). The topological polar surface area (TPSA) is 57.8 Å². The van der Waals surface area contributed by atoms with Crippen molar-refractivity contribution in [2.75, 3.05) is 5.32 Å². The van der Waals surface area contributed by atoms with E-state index < -0.39 is 0 Å². The lowest BCUT2D eigenvalue weighted by atomic mass is 9.75. The van der Waals surface area contributed by atoms with Gasteiger partial charge in [0.2, 0.25) is 5.91 Å². The number of aromatic nitrogens is 2. The summed E-state index contributed by atoms with van der Waals surface area (Å²) in [7, 11) is 0. The first-order valence-corrected chi connectivity index (χ1v) is 4.92. The zero-order chi connectivity index (χ0) is 10.3. The van der Waals surface area contributed by atoms with E-state index in [0.717, 1.165) is 12.1 Å². The number of nitrogens with zero attached hydrogens (tertiary/aromatic N) is 1. The van der Waals surface area contributed by atoms with E-state index in [-0.39, 0.29) is 11.3 Å². The van der Waals surface area contributed by atoms with Crippen molar-refractivity contribution in [2.45, 2.75) is 39.0 Å². The Labute approximate surface area is 83.1 Å². The number of anilines is 1. The van der Waals surface area contributed by atoms with Crippen molar-refractivity contribution < 1.29 is 4.79 Å². The summed E-state index contributed by atoms with van der Waals surface area (Å²) in [5.74, 6) is 0.774. The molecule has 1 aromatic rings. The number of rotatable bonds is 1. The molecule has 4 nitrogen and oxygen atoms in total. The Morgan fingerprint density at radius 3 is 2.93 bits per heavy atom. The maximum Gasteiger partial charge on any atom is 0.226 e. The van der Waals surface area contributed by atoms with Crippen LogP contribution in [0.15, 0.2) is 0 Å². The van der Waals surface area contributed by atoms with Crippen molar-refractivity contribution >= 4 is 11.7 Å². The highest BCUT2D eigenvalue weighted by atomic mass is 16.1. The van der Waals surface area contributed by atoms with E-state index in [1.807, 2.05) is 6.92 Å². The number of nitrogens with one attached hydrogen (secondary N) is 2. The van der Waals surface area contributed by atoms with Gasteiger partial charge in [0, 0.05) is 23.1 Å². The Kier molecular flexibility index (Phi) is 1.87. The van der Waals surface area contributed by atoms with Crippen molar-refractivity contribution in [1.29, 1.82) is 0 Å². The number of hydrogen-bond donors (Lipinski definition) is 2. The molecule has 2 rings (SSSR count). The first kappa shape index (κ1) is 9.24. The molecule has 0 bridgehead atoms. The predicted molar refractivity (Wildman–Crippen MR) is 54.2 cm³/mol. The quantitative estimate of drug-likeness (QED) is 0.713. The molecule has 1 atom stereocenters. The van der Waals surface area contributed by atoms with Crippen LogP contribution in [0.3, 0.4) is 0 Å². The molecule has 0 saturated heterocycles. The van der Waals surface area contributed by atoms with E-state index in [4.69, 9.17) is 0 Å². The second kappa shape index (κ2) is 2.83. The van der Waals surface area contributed by atoms with E-state index in [0.29, 0.717) is 12.2 Å². The molecule has 14 heavy (non-hydrogen) atoms. The molecule has 0 aromatic carbocycles. The molecule has 0 spiro atoms. The van der Waals surface area contributed by atoms with Gasteiger partial charge in [-0.1, -0.05) is 13.8 Å². The summed E-state index contributed by atoms with van der Waals surface area (Å²) in [5, 5.41) is 9.81. The van der Waals surface area contributed by atoms with Crippen molar-refractivity contribution in [2.24, 2.45) is 0 Å². The summed E-state index contributed by atoms with van der Waals surface area (Å²) in [6, 6.07) is 0. The third kappa shape index (κ3) is 1.14. The fourth-order valence-electron chi connectivity index (χ4n) is 2.18. The second-order valence-electron chi connectivity index (χ2n) is 4.21. The van der Waals surface area contributed by atoms with Crippen LogP contribution in [0.2, 0.25) is 0 Å². The van der Waals surface area contributed by atoms with E-state index in [1.165, 1.54) is 5.56 Å². The van der Waals surface area contributed by atoms with Crippen molar-refractivity contribution in [3.05, 3.63) is 11.3 Å². The Morgan fingerprint density at radius 1 is 1.57 bits per heavy atom. The van der Waals surface area contributed by atoms with Crippen LogP contribution < -0.4 is 5.32 Å². The second-order valence-corrected chi connectivity index (χ2v) is 4.21. The number of fused-ring (bicyclic) bond motifs is 1. The van der Waals surface area contributed by atoms with Gasteiger partial charge in [0.05, 0.1) is 0 Å². The monoisotopic (exact) mass is 193 g/mol. The number of aromatic amines is 1. The third-order valence-electron chi connectivity index (χ3n) is 3.14. The fourth-order valence-corrected chi connectivity index (χ4v) is 2.18. The lowest BCUT2D eigenvalue weighted by Crippen LogP contribution is -2.34. The van der Waals surface area contributed by atoms with E-state index in [9.17, 15) is 4.79 Å². The minimum absolute atomic E-state index is 0.0608. The molecule has 1 aliphatic rings. The van der Waals surface area contributed by atoms with E-state index >= 15 is 0 Å². The predicted octanol–water partition coefficient (Wildman–Crippen LogP) is 1.73. The maximum absolute atomic E-state index is 11.4. The largest absolute Gasteiger partial charge is 0.309 e. The van der Waals surface area contributed by atoms with Crippen LogP contribution >= 0.6 is 0 Å². The average Bonchev–Trinajstić information content (AvgIpc) is 2.47. The van der Waals surface area contributed by atoms with Gasteiger partial charge in [0.25, 0.3) is 0 Å². The van der Waals surface area contributed by atoms with E-state index in [1.54, 1.807) is 0 Å². The molecular formula is C10H15N3O. The van der Waals surface area contributed by atoms with Gasteiger partial charge in [-0.3, -0.25) is 9.89 Å². The van der Waals surface area contributed by atoms with Gasteiger partial charge < -0.3 is 5.32 Å². The van der Waals surface area contributed by atoms with Gasteiger partial charge in [0.15, 0.2) is 5.82 Å². The molecule has 1 amide bonds. The number of H-pyrrole nitrogens is 1. The molecule has 76 valence electrons. The highest BCUT2D eigenvalue weighted by Crippen LogP contribution is 2.40. The Balaban J connectivity index is 2.57. The van der Waals surface area contributed by atoms with Gasteiger partial charge in [-0.25, -0.2) is 0 Å². The molecule has 0 saturated carbocycles. The number of carbonyl (C=O) groups is 1. The Bertz CT molecular complexity index is 383. The molecule has 1 unspecified atom stereocenters. The molecule has 4 heteroatoms. The number of amides is 1. The van der Waals surface area contributed by atoms with Gasteiger partial charge in [-0.05, 0) is 13.3 Å². The molecule has 2 heterocycles. The number of aryl methyl sites for hydroxylation is 1. The van der Waals surface area contributed by atoms with Gasteiger partial charge in [0.1, 0.15) is 0 Å². The van der Waals surface area contributed by atoms with Crippen LogP contribution in [0.4, 0.5) is 5.82 Å². The lowest BCUT2D eigenvalue weighted by molar-refractivity contribution is -0.117. The Hall–Kier alpha value is -1.32. The SMILES string of the molecule is CCC1(C)CC(=O)Nc2n[nH]c(C)c21. The first-order chi connectivity index (χ1) is 6.57. The molecule has 1 aromatic heterocycles. The molecular weight excluding hydrogens is 178 g/mol. The van der Waals surface area contributed by atoms with Crippen LogP contribution in [0, 0.1) is 6.92 Å². The smallest absolute Gasteiger partial charge is 0.226 e. The van der Waals surface area contributed by atoms with Crippen LogP contribution in [-0.2, 0) is 10.2 Å². The van der Waals surface area contributed by atoms with Gasteiger partial charge in [-0.15, -0.1) is 0 Å². The number of hydrogen-bond acceptors (Lipinski definition) is 2.